The molecule has 0 aliphatic carbocycles. The smallest absolute Gasteiger partial charge is 0.324 e. The van der Waals surface area contributed by atoms with Crippen LogP contribution >= 0.6 is 0 Å². The highest BCUT2D eigenvalue weighted by atomic mass is 16.5. The van der Waals surface area contributed by atoms with Crippen LogP contribution in [0.5, 0.6) is 0 Å². The number of aromatic nitrogens is 3. The van der Waals surface area contributed by atoms with Gasteiger partial charge >= 0.3 is 6.03 Å². The Balaban J connectivity index is 1.52. The first kappa shape index (κ1) is 15.6. The van der Waals surface area contributed by atoms with E-state index in [2.05, 4.69) is 15.5 Å². The standard InChI is InChI=1S/C17H19N5O3/c1-24-11-12-7-8-14(25-12)13-5-4-10-21(13)17(23)18-16-20-19-15-6-2-3-9-22(15)16/h2-3,6-9,13H,4-5,10-11H2,1H3,(H,18,20,23)/t13-/m0/s1. The van der Waals surface area contributed by atoms with Gasteiger partial charge in [0.2, 0.25) is 5.95 Å². The Morgan fingerprint density at radius 2 is 2.28 bits per heavy atom. The number of furan rings is 1. The van der Waals surface area contributed by atoms with Crippen LogP contribution in [-0.4, -0.2) is 39.2 Å². The van der Waals surface area contributed by atoms with E-state index in [9.17, 15) is 4.79 Å². The molecule has 3 aromatic heterocycles. The SMILES string of the molecule is COCc1ccc([C@@H]2CCCN2C(=O)Nc2nnc3ccccn23)o1. The summed E-state index contributed by atoms with van der Waals surface area (Å²) >= 11 is 0. The number of nitrogens with zero attached hydrogens (tertiary/aromatic N) is 4. The van der Waals surface area contributed by atoms with Crippen molar-refractivity contribution in [2.75, 3.05) is 19.0 Å². The minimum absolute atomic E-state index is 0.0789. The highest BCUT2D eigenvalue weighted by Crippen LogP contribution is 2.33. The Morgan fingerprint density at radius 3 is 3.16 bits per heavy atom. The number of urea groups is 1. The third-order valence-electron chi connectivity index (χ3n) is 4.34. The largest absolute Gasteiger partial charge is 0.461 e. The molecule has 8 heteroatoms. The predicted octanol–water partition coefficient (Wildman–Crippen LogP) is 2.84. The molecule has 0 radical (unpaired) electrons. The van der Waals surface area contributed by atoms with Gasteiger partial charge in [0.05, 0.1) is 6.04 Å². The molecule has 1 N–H and O–H groups in total. The number of pyridine rings is 1. The number of amides is 2. The topological polar surface area (TPSA) is 84.9 Å². The van der Waals surface area contributed by atoms with Crippen molar-refractivity contribution in [3.63, 3.8) is 0 Å². The molecular formula is C17H19N5O3. The predicted molar refractivity (Wildman–Crippen MR) is 90.1 cm³/mol. The molecule has 0 bridgehead atoms. The molecule has 1 saturated heterocycles. The fraction of sp³-hybridized carbons (Fsp3) is 0.353. The van der Waals surface area contributed by atoms with Crippen molar-refractivity contribution < 1.29 is 13.9 Å². The number of nitrogens with one attached hydrogen (secondary N) is 1. The van der Waals surface area contributed by atoms with Crippen molar-refractivity contribution in [2.45, 2.75) is 25.5 Å². The zero-order chi connectivity index (χ0) is 17.2. The molecule has 3 aromatic rings. The fourth-order valence-corrected chi connectivity index (χ4v) is 3.19. The first-order valence-corrected chi connectivity index (χ1v) is 8.21. The van der Waals surface area contributed by atoms with Crippen LogP contribution in [0.2, 0.25) is 0 Å². The molecule has 0 saturated carbocycles. The lowest BCUT2D eigenvalue weighted by molar-refractivity contribution is 0.157. The van der Waals surface area contributed by atoms with Crippen LogP contribution in [0.3, 0.4) is 0 Å². The van der Waals surface area contributed by atoms with Gasteiger partial charge < -0.3 is 14.1 Å². The van der Waals surface area contributed by atoms with Gasteiger partial charge in [-0.1, -0.05) is 6.07 Å². The summed E-state index contributed by atoms with van der Waals surface area (Å²) in [7, 11) is 1.63. The average Bonchev–Trinajstić information content (AvgIpc) is 3.34. The maximum atomic E-state index is 12.7. The van der Waals surface area contributed by atoms with Crippen LogP contribution in [0.1, 0.15) is 30.4 Å². The zero-order valence-electron chi connectivity index (χ0n) is 13.9. The maximum absolute atomic E-state index is 12.7. The van der Waals surface area contributed by atoms with Gasteiger partial charge in [-0.3, -0.25) is 9.72 Å². The number of ether oxygens (including phenoxy) is 1. The van der Waals surface area contributed by atoms with Crippen molar-refractivity contribution >= 4 is 17.6 Å². The van der Waals surface area contributed by atoms with E-state index in [0.29, 0.717) is 24.7 Å². The number of methoxy groups -OCH3 is 1. The molecule has 25 heavy (non-hydrogen) atoms. The van der Waals surface area contributed by atoms with E-state index >= 15 is 0 Å². The molecule has 1 aliphatic heterocycles. The molecule has 4 heterocycles. The number of carbonyl (C=O) groups excluding carboxylic acids is 1. The lowest BCUT2D eigenvalue weighted by Gasteiger charge is -2.23. The number of carbonyl (C=O) groups is 1. The van der Waals surface area contributed by atoms with Gasteiger partial charge in [-0.15, -0.1) is 10.2 Å². The average molecular weight is 341 g/mol. The molecule has 8 nitrogen and oxygen atoms in total. The summed E-state index contributed by atoms with van der Waals surface area (Å²) < 4.78 is 12.6. The lowest BCUT2D eigenvalue weighted by Crippen LogP contribution is -2.34. The Labute approximate surface area is 144 Å². The highest BCUT2D eigenvalue weighted by Gasteiger charge is 2.32. The summed E-state index contributed by atoms with van der Waals surface area (Å²) in [6.45, 7) is 1.10. The van der Waals surface area contributed by atoms with E-state index in [4.69, 9.17) is 9.15 Å². The van der Waals surface area contributed by atoms with Crippen LogP contribution in [0.4, 0.5) is 10.7 Å². The van der Waals surface area contributed by atoms with Crippen LogP contribution in [0.25, 0.3) is 5.65 Å². The van der Waals surface area contributed by atoms with E-state index in [-0.39, 0.29) is 12.1 Å². The minimum atomic E-state index is -0.203. The first-order valence-electron chi connectivity index (χ1n) is 8.21. The second-order valence-corrected chi connectivity index (χ2v) is 5.97. The van der Waals surface area contributed by atoms with Gasteiger partial charge in [-0.25, -0.2) is 4.79 Å². The summed E-state index contributed by atoms with van der Waals surface area (Å²) in [6, 6.07) is 9.10. The molecule has 0 aromatic carbocycles. The van der Waals surface area contributed by atoms with E-state index < -0.39 is 0 Å². The number of likely N-dealkylation sites (tertiary alicyclic amines) is 1. The van der Waals surface area contributed by atoms with Gasteiger partial charge in [0.15, 0.2) is 5.65 Å². The molecule has 1 atom stereocenters. The molecule has 1 aliphatic rings. The van der Waals surface area contributed by atoms with Crippen LogP contribution in [0, 0.1) is 0 Å². The maximum Gasteiger partial charge on any atom is 0.324 e. The Bertz CT molecular complexity index is 887. The second-order valence-electron chi connectivity index (χ2n) is 5.97. The van der Waals surface area contributed by atoms with Crippen molar-refractivity contribution in [3.8, 4) is 0 Å². The van der Waals surface area contributed by atoms with Crippen LogP contribution < -0.4 is 5.32 Å². The third-order valence-corrected chi connectivity index (χ3v) is 4.34. The summed E-state index contributed by atoms with van der Waals surface area (Å²) in [6.07, 6.45) is 3.61. The molecule has 0 spiro atoms. The molecular weight excluding hydrogens is 322 g/mol. The van der Waals surface area contributed by atoms with Gasteiger partial charge in [0.1, 0.15) is 18.1 Å². The van der Waals surface area contributed by atoms with Gasteiger partial charge in [0.25, 0.3) is 0 Å². The van der Waals surface area contributed by atoms with Crippen molar-refractivity contribution in [1.29, 1.82) is 0 Å². The van der Waals surface area contributed by atoms with Gasteiger partial charge in [-0.2, -0.15) is 0 Å². The molecule has 2 amide bonds. The first-order chi connectivity index (χ1) is 12.3. The number of hydrogen-bond acceptors (Lipinski definition) is 5. The molecule has 130 valence electrons. The van der Waals surface area contributed by atoms with Crippen molar-refractivity contribution in [3.05, 3.63) is 48.0 Å². The normalized spacial score (nSPS) is 17.3. The number of hydrogen-bond donors (Lipinski definition) is 1. The molecule has 4 rings (SSSR count). The van der Waals surface area contributed by atoms with Gasteiger partial charge in [0, 0.05) is 19.9 Å². The Hall–Kier alpha value is -2.87. The number of fused-ring (bicyclic) bond motifs is 1. The zero-order valence-corrected chi connectivity index (χ0v) is 13.9. The van der Waals surface area contributed by atoms with E-state index in [0.717, 1.165) is 24.4 Å². The monoisotopic (exact) mass is 341 g/mol. The third kappa shape index (κ3) is 2.96. The summed E-state index contributed by atoms with van der Waals surface area (Å²) in [4.78, 5) is 14.5. The second kappa shape index (κ2) is 6.56. The molecule has 1 fully saturated rings. The minimum Gasteiger partial charge on any atom is -0.461 e. The quantitative estimate of drug-likeness (QED) is 0.789. The van der Waals surface area contributed by atoms with Crippen molar-refractivity contribution in [1.82, 2.24) is 19.5 Å². The van der Waals surface area contributed by atoms with E-state index in [1.165, 1.54) is 0 Å². The summed E-state index contributed by atoms with van der Waals surface area (Å²) in [5.41, 5.74) is 0.686. The number of rotatable bonds is 4. The Kier molecular flexibility index (Phi) is 4.10. The van der Waals surface area contributed by atoms with E-state index in [1.54, 1.807) is 16.4 Å². The van der Waals surface area contributed by atoms with E-state index in [1.807, 2.05) is 36.5 Å². The van der Waals surface area contributed by atoms with Crippen LogP contribution in [0.15, 0.2) is 40.9 Å². The fourth-order valence-electron chi connectivity index (χ4n) is 3.19. The van der Waals surface area contributed by atoms with Crippen LogP contribution in [-0.2, 0) is 11.3 Å². The number of anilines is 1. The van der Waals surface area contributed by atoms with Crippen molar-refractivity contribution in [2.24, 2.45) is 0 Å². The molecule has 0 unspecified atom stereocenters. The lowest BCUT2D eigenvalue weighted by atomic mass is 10.2. The highest BCUT2D eigenvalue weighted by molar-refractivity contribution is 5.88. The summed E-state index contributed by atoms with van der Waals surface area (Å²) in [5, 5.41) is 10.9. The Morgan fingerprint density at radius 1 is 1.36 bits per heavy atom. The summed E-state index contributed by atoms with van der Waals surface area (Å²) in [5.74, 6) is 1.95. The van der Waals surface area contributed by atoms with Gasteiger partial charge in [-0.05, 0) is 37.1 Å².